The number of pyridine rings is 1. The van der Waals surface area contributed by atoms with Crippen LogP contribution in [0.25, 0.3) is 0 Å². The first kappa shape index (κ1) is 23.4. The zero-order valence-corrected chi connectivity index (χ0v) is 19.5. The normalized spacial score (nSPS) is 18.1. The van der Waals surface area contributed by atoms with E-state index in [1.54, 1.807) is 24.3 Å². The van der Waals surface area contributed by atoms with Crippen LogP contribution in [0.2, 0.25) is 5.02 Å². The van der Waals surface area contributed by atoms with Crippen molar-refractivity contribution < 1.29 is 23.0 Å². The fourth-order valence-electron chi connectivity index (χ4n) is 4.82. The molecule has 1 aliphatic carbocycles. The highest BCUT2D eigenvalue weighted by Gasteiger charge is 2.49. The van der Waals surface area contributed by atoms with Crippen LogP contribution in [0.5, 0.6) is 11.5 Å². The summed E-state index contributed by atoms with van der Waals surface area (Å²) in [5.74, 6) is -0.261. The van der Waals surface area contributed by atoms with Crippen LogP contribution in [-0.4, -0.2) is 23.4 Å². The standard InChI is InChI=1S/C26H24ClF2N3O3/c27-18-13-14-22(30-16-18)25(15-17-7-2-1-3-8-17,32-24(33)31-19-9-4-5-10-19)20-11-6-12-21-23(20)35-26(28,29)34-21/h1-3,6-8,11-14,16,19H,4-5,9-10,15H2,(H2,31,32,33)/t25-/m1/s1. The number of fused-ring (bicyclic) bond motifs is 1. The number of halogens is 3. The van der Waals surface area contributed by atoms with Crippen molar-refractivity contribution >= 4 is 17.6 Å². The number of alkyl halides is 2. The molecule has 0 saturated heterocycles. The first-order valence-corrected chi connectivity index (χ1v) is 11.9. The molecule has 1 aliphatic heterocycles. The first-order valence-electron chi connectivity index (χ1n) is 11.5. The number of urea groups is 1. The Kier molecular flexibility index (Phi) is 6.23. The predicted molar refractivity (Wildman–Crippen MR) is 127 cm³/mol. The lowest BCUT2D eigenvalue weighted by Crippen LogP contribution is -2.54. The van der Waals surface area contributed by atoms with Gasteiger partial charge in [-0.05, 0) is 36.6 Å². The molecule has 1 saturated carbocycles. The molecule has 182 valence electrons. The molecule has 0 unspecified atom stereocenters. The van der Waals surface area contributed by atoms with Crippen LogP contribution in [0.15, 0.2) is 66.9 Å². The summed E-state index contributed by atoms with van der Waals surface area (Å²) >= 11 is 6.11. The van der Waals surface area contributed by atoms with Gasteiger partial charge in [0.05, 0.1) is 10.7 Å². The third-order valence-corrected chi connectivity index (χ3v) is 6.61. The number of hydrogen-bond donors (Lipinski definition) is 2. The SMILES string of the molecule is O=C(NC1CCCC1)N[C@@](Cc1ccccc1)(c1ccc(Cl)cn1)c1cccc2c1OC(F)(F)O2. The molecule has 2 N–H and O–H groups in total. The summed E-state index contributed by atoms with van der Waals surface area (Å²) in [5, 5.41) is 6.51. The minimum absolute atomic E-state index is 0.0491. The van der Waals surface area contributed by atoms with Gasteiger partial charge in [0.1, 0.15) is 5.54 Å². The minimum Gasteiger partial charge on any atom is -0.395 e. The fraction of sp³-hybridized carbons (Fsp3) is 0.308. The highest BCUT2D eigenvalue weighted by atomic mass is 35.5. The summed E-state index contributed by atoms with van der Waals surface area (Å²) in [6, 6.07) is 17.0. The van der Waals surface area contributed by atoms with Crippen molar-refractivity contribution in [2.24, 2.45) is 0 Å². The van der Waals surface area contributed by atoms with E-state index in [1.165, 1.54) is 12.3 Å². The van der Waals surface area contributed by atoms with E-state index in [4.69, 9.17) is 21.1 Å². The summed E-state index contributed by atoms with van der Waals surface area (Å²) in [7, 11) is 0. The van der Waals surface area contributed by atoms with Crippen LogP contribution in [0.3, 0.4) is 0 Å². The summed E-state index contributed by atoms with van der Waals surface area (Å²) < 4.78 is 38.0. The van der Waals surface area contributed by atoms with Crippen molar-refractivity contribution in [1.82, 2.24) is 15.6 Å². The number of para-hydroxylation sites is 1. The van der Waals surface area contributed by atoms with Gasteiger partial charge < -0.3 is 20.1 Å². The van der Waals surface area contributed by atoms with Crippen molar-refractivity contribution in [1.29, 1.82) is 0 Å². The molecule has 0 spiro atoms. The number of nitrogens with one attached hydrogen (secondary N) is 2. The van der Waals surface area contributed by atoms with Gasteiger partial charge in [-0.2, -0.15) is 0 Å². The van der Waals surface area contributed by atoms with E-state index < -0.39 is 17.9 Å². The lowest BCUT2D eigenvalue weighted by Gasteiger charge is -2.36. The van der Waals surface area contributed by atoms with Gasteiger partial charge >= 0.3 is 12.3 Å². The number of nitrogens with zero attached hydrogens (tertiary/aromatic N) is 1. The van der Waals surface area contributed by atoms with Gasteiger partial charge in [0.2, 0.25) is 0 Å². The Morgan fingerprint density at radius 2 is 1.83 bits per heavy atom. The quantitative estimate of drug-likeness (QED) is 0.450. The average Bonchev–Trinajstić information content (AvgIpc) is 3.45. The van der Waals surface area contributed by atoms with Crippen LogP contribution < -0.4 is 20.1 Å². The molecule has 0 bridgehead atoms. The molecule has 6 nitrogen and oxygen atoms in total. The molecular formula is C26H24ClF2N3O3. The molecule has 3 aromatic rings. The van der Waals surface area contributed by atoms with Crippen molar-refractivity contribution in [2.45, 2.75) is 50.0 Å². The maximum absolute atomic E-state index is 14.1. The third kappa shape index (κ3) is 4.89. The number of carbonyl (C=O) groups excluding carboxylic acids is 1. The Bertz CT molecular complexity index is 1200. The Hall–Kier alpha value is -3.39. The summed E-state index contributed by atoms with van der Waals surface area (Å²) in [6.45, 7) is 0. The highest BCUT2D eigenvalue weighted by molar-refractivity contribution is 6.30. The van der Waals surface area contributed by atoms with E-state index in [9.17, 15) is 13.6 Å². The second kappa shape index (κ2) is 9.34. The Morgan fingerprint density at radius 1 is 1.06 bits per heavy atom. The number of aromatic nitrogens is 1. The zero-order chi connectivity index (χ0) is 24.5. The van der Waals surface area contributed by atoms with Gasteiger partial charge in [-0.1, -0.05) is 66.9 Å². The number of ether oxygens (including phenoxy) is 2. The van der Waals surface area contributed by atoms with Gasteiger partial charge in [0.25, 0.3) is 0 Å². The maximum Gasteiger partial charge on any atom is 0.586 e. The van der Waals surface area contributed by atoms with Crippen molar-refractivity contribution in [3.8, 4) is 11.5 Å². The monoisotopic (exact) mass is 499 g/mol. The molecule has 1 atom stereocenters. The third-order valence-electron chi connectivity index (χ3n) is 6.38. The topological polar surface area (TPSA) is 72.5 Å². The molecule has 0 radical (unpaired) electrons. The second-order valence-electron chi connectivity index (χ2n) is 8.81. The smallest absolute Gasteiger partial charge is 0.395 e. The van der Waals surface area contributed by atoms with Crippen molar-refractivity contribution in [2.75, 3.05) is 0 Å². The van der Waals surface area contributed by atoms with Crippen LogP contribution in [0.1, 0.15) is 42.5 Å². The predicted octanol–water partition coefficient (Wildman–Crippen LogP) is 5.78. The number of hydrogen-bond acceptors (Lipinski definition) is 4. The summed E-state index contributed by atoms with van der Waals surface area (Å²) in [5.41, 5.74) is 0.199. The number of rotatable bonds is 6. The van der Waals surface area contributed by atoms with E-state index in [0.29, 0.717) is 16.3 Å². The second-order valence-corrected chi connectivity index (χ2v) is 9.25. The molecule has 1 fully saturated rings. The van der Waals surface area contributed by atoms with Gasteiger partial charge in [0.15, 0.2) is 11.5 Å². The van der Waals surface area contributed by atoms with Crippen LogP contribution in [-0.2, 0) is 12.0 Å². The van der Waals surface area contributed by atoms with Gasteiger partial charge in [0, 0.05) is 24.2 Å². The Balaban J connectivity index is 1.66. The van der Waals surface area contributed by atoms with Gasteiger partial charge in [-0.15, -0.1) is 8.78 Å². The minimum atomic E-state index is -3.82. The maximum atomic E-state index is 14.1. The fourth-order valence-corrected chi connectivity index (χ4v) is 4.93. The van der Waals surface area contributed by atoms with E-state index in [2.05, 4.69) is 15.6 Å². The molecule has 5 rings (SSSR count). The van der Waals surface area contributed by atoms with Gasteiger partial charge in [-0.25, -0.2) is 4.79 Å². The molecule has 1 aromatic heterocycles. The van der Waals surface area contributed by atoms with Gasteiger partial charge in [-0.3, -0.25) is 4.98 Å². The average molecular weight is 500 g/mol. The molecule has 2 heterocycles. The summed E-state index contributed by atoms with van der Waals surface area (Å²) in [6.07, 6.45) is 1.73. The highest BCUT2D eigenvalue weighted by Crippen LogP contribution is 2.48. The van der Waals surface area contributed by atoms with Crippen molar-refractivity contribution in [3.63, 3.8) is 0 Å². The van der Waals surface area contributed by atoms with E-state index in [0.717, 1.165) is 31.2 Å². The molecule has 9 heteroatoms. The zero-order valence-electron chi connectivity index (χ0n) is 18.8. The summed E-state index contributed by atoms with van der Waals surface area (Å²) in [4.78, 5) is 17.9. The van der Waals surface area contributed by atoms with E-state index >= 15 is 0 Å². The molecule has 35 heavy (non-hydrogen) atoms. The van der Waals surface area contributed by atoms with Crippen LogP contribution in [0, 0.1) is 0 Å². The lowest BCUT2D eigenvalue weighted by atomic mass is 9.80. The van der Waals surface area contributed by atoms with E-state index in [1.807, 2.05) is 30.3 Å². The molecule has 2 aliphatic rings. The first-order chi connectivity index (χ1) is 16.8. The Morgan fingerprint density at radius 3 is 2.54 bits per heavy atom. The van der Waals surface area contributed by atoms with Crippen LogP contribution >= 0.6 is 11.6 Å². The van der Waals surface area contributed by atoms with E-state index in [-0.39, 0.29) is 24.0 Å². The molecular weight excluding hydrogens is 476 g/mol. The lowest BCUT2D eigenvalue weighted by molar-refractivity contribution is -0.287. The van der Waals surface area contributed by atoms with Crippen LogP contribution in [0.4, 0.5) is 13.6 Å². The largest absolute Gasteiger partial charge is 0.586 e. The number of benzene rings is 2. The molecule has 2 aromatic carbocycles. The number of amides is 2. The number of carbonyl (C=O) groups is 1. The molecule has 2 amide bonds. The Labute approximate surface area is 206 Å². The van der Waals surface area contributed by atoms with Crippen molar-refractivity contribution in [3.05, 3.63) is 88.7 Å².